The second kappa shape index (κ2) is 9.75. The van der Waals surface area contributed by atoms with Crippen LogP contribution in [-0.2, 0) is 14.3 Å². The number of carbonyl (C=O) groups is 2. The molecule has 0 aromatic heterocycles. The molecule has 2 amide bonds. The molecule has 0 saturated carbocycles. The highest BCUT2D eigenvalue weighted by atomic mass is 16.5. The van der Waals surface area contributed by atoms with Gasteiger partial charge in [-0.25, -0.2) is 0 Å². The molecule has 0 fully saturated rings. The number of carbonyl (C=O) groups excluding carboxylic acids is 2. The first kappa shape index (κ1) is 18.9. The van der Waals surface area contributed by atoms with Gasteiger partial charge in [-0.3, -0.25) is 9.59 Å². The zero-order valence-corrected chi connectivity index (χ0v) is 13.5. The lowest BCUT2D eigenvalue weighted by atomic mass is 9.96. The van der Waals surface area contributed by atoms with Gasteiger partial charge in [0, 0.05) is 18.5 Å². The Bertz CT molecular complexity index is 296. The second-order valence-electron chi connectivity index (χ2n) is 6.28. The molecule has 0 unspecified atom stereocenters. The Kier molecular flexibility index (Phi) is 9.21. The minimum atomic E-state index is -0.329. The summed E-state index contributed by atoms with van der Waals surface area (Å²) < 4.78 is 5.20. The van der Waals surface area contributed by atoms with E-state index in [2.05, 4.69) is 10.6 Å². The summed E-state index contributed by atoms with van der Waals surface area (Å²) in [5.74, 6) is 0.0105. The molecule has 0 aliphatic heterocycles. The van der Waals surface area contributed by atoms with E-state index < -0.39 is 0 Å². The molecule has 0 bridgehead atoms. The van der Waals surface area contributed by atoms with Crippen molar-refractivity contribution < 1.29 is 14.3 Å². The van der Waals surface area contributed by atoms with Gasteiger partial charge in [-0.05, 0) is 33.1 Å². The fourth-order valence-electron chi connectivity index (χ4n) is 1.42. The van der Waals surface area contributed by atoms with Crippen LogP contribution in [0.4, 0.5) is 0 Å². The fraction of sp³-hybridized carbons (Fsp3) is 0.867. The van der Waals surface area contributed by atoms with Crippen molar-refractivity contribution in [3.05, 3.63) is 0 Å². The molecule has 5 heteroatoms. The molecule has 0 heterocycles. The Morgan fingerprint density at radius 3 is 2.05 bits per heavy atom. The van der Waals surface area contributed by atoms with Crippen molar-refractivity contribution in [2.45, 2.75) is 60.0 Å². The zero-order valence-electron chi connectivity index (χ0n) is 13.5. The lowest BCUT2D eigenvalue weighted by molar-refractivity contribution is -0.128. The summed E-state index contributed by atoms with van der Waals surface area (Å²) in [6.45, 7) is 11.0. The molecule has 118 valence electrons. The van der Waals surface area contributed by atoms with Gasteiger partial charge in [-0.2, -0.15) is 0 Å². The first-order valence-corrected chi connectivity index (χ1v) is 7.40. The van der Waals surface area contributed by atoms with Crippen LogP contribution in [0.3, 0.4) is 0 Å². The number of amides is 2. The van der Waals surface area contributed by atoms with Crippen LogP contribution < -0.4 is 10.6 Å². The predicted molar refractivity (Wildman–Crippen MR) is 80.4 cm³/mol. The molecular formula is C15H30N2O3. The maximum atomic E-state index is 11.6. The average Bonchev–Trinajstić information content (AvgIpc) is 2.33. The maximum absolute atomic E-state index is 11.6. The molecule has 20 heavy (non-hydrogen) atoms. The van der Waals surface area contributed by atoms with Crippen LogP contribution in [0.1, 0.15) is 53.9 Å². The largest absolute Gasteiger partial charge is 0.369 e. The Morgan fingerprint density at radius 2 is 1.55 bits per heavy atom. The van der Waals surface area contributed by atoms with Gasteiger partial charge in [-0.1, -0.05) is 20.8 Å². The lowest BCUT2D eigenvalue weighted by Crippen LogP contribution is -2.35. The van der Waals surface area contributed by atoms with Crippen LogP contribution in [0.25, 0.3) is 0 Å². The van der Waals surface area contributed by atoms with Crippen molar-refractivity contribution in [3.63, 3.8) is 0 Å². The molecule has 5 nitrogen and oxygen atoms in total. The van der Waals surface area contributed by atoms with Gasteiger partial charge >= 0.3 is 0 Å². The molecule has 0 rings (SSSR count). The van der Waals surface area contributed by atoms with Crippen molar-refractivity contribution in [1.29, 1.82) is 0 Å². The Morgan fingerprint density at radius 1 is 1.00 bits per heavy atom. The van der Waals surface area contributed by atoms with E-state index in [9.17, 15) is 9.59 Å². The Labute approximate surface area is 122 Å². The molecule has 0 aromatic rings. The summed E-state index contributed by atoms with van der Waals surface area (Å²) in [5, 5.41) is 5.72. The van der Waals surface area contributed by atoms with Crippen molar-refractivity contribution in [3.8, 4) is 0 Å². The van der Waals surface area contributed by atoms with E-state index in [4.69, 9.17) is 4.74 Å². The minimum Gasteiger partial charge on any atom is -0.369 e. The standard InChI is InChI=1S/C15H30N2O3/c1-12(2)20-11-13(18)16-9-7-6-8-10-17-14(19)15(3,4)5/h12H,6-11H2,1-5H3,(H,16,18)(H,17,19). The van der Waals surface area contributed by atoms with Gasteiger partial charge in [0.05, 0.1) is 6.10 Å². The zero-order chi connectivity index (χ0) is 15.6. The third-order valence-corrected chi connectivity index (χ3v) is 2.69. The molecule has 0 aromatic carbocycles. The first-order chi connectivity index (χ1) is 9.23. The van der Waals surface area contributed by atoms with Crippen LogP contribution in [0.5, 0.6) is 0 Å². The smallest absolute Gasteiger partial charge is 0.246 e. The van der Waals surface area contributed by atoms with Crippen LogP contribution >= 0.6 is 0 Å². The number of rotatable bonds is 9. The molecule has 0 aliphatic carbocycles. The Hall–Kier alpha value is -1.10. The summed E-state index contributed by atoms with van der Waals surface area (Å²) in [7, 11) is 0. The third-order valence-electron chi connectivity index (χ3n) is 2.69. The van der Waals surface area contributed by atoms with Crippen LogP contribution in [0, 0.1) is 5.41 Å². The SMILES string of the molecule is CC(C)OCC(=O)NCCCCCNC(=O)C(C)(C)C. The topological polar surface area (TPSA) is 67.4 Å². The molecule has 2 N–H and O–H groups in total. The third kappa shape index (κ3) is 10.8. The van der Waals surface area contributed by atoms with Gasteiger partial charge in [0.1, 0.15) is 6.61 Å². The van der Waals surface area contributed by atoms with Gasteiger partial charge in [0.15, 0.2) is 0 Å². The molecule has 0 saturated heterocycles. The summed E-state index contributed by atoms with van der Waals surface area (Å²) in [5.41, 5.74) is -0.329. The van der Waals surface area contributed by atoms with E-state index in [1.807, 2.05) is 34.6 Å². The highest BCUT2D eigenvalue weighted by Gasteiger charge is 2.19. The summed E-state index contributed by atoms with van der Waals surface area (Å²) in [6, 6.07) is 0. The maximum Gasteiger partial charge on any atom is 0.246 e. The monoisotopic (exact) mass is 286 g/mol. The van der Waals surface area contributed by atoms with Crippen molar-refractivity contribution >= 4 is 11.8 Å². The highest BCUT2D eigenvalue weighted by Crippen LogP contribution is 2.12. The summed E-state index contributed by atoms with van der Waals surface area (Å²) in [4.78, 5) is 22.9. The van der Waals surface area contributed by atoms with E-state index in [1.165, 1.54) is 0 Å². The molecule has 0 radical (unpaired) electrons. The number of unbranched alkanes of at least 4 members (excludes halogenated alkanes) is 2. The fourth-order valence-corrected chi connectivity index (χ4v) is 1.42. The summed E-state index contributed by atoms with van der Waals surface area (Å²) >= 11 is 0. The number of nitrogens with one attached hydrogen (secondary N) is 2. The number of hydrogen-bond donors (Lipinski definition) is 2. The van der Waals surface area contributed by atoms with Gasteiger partial charge in [0.25, 0.3) is 0 Å². The van der Waals surface area contributed by atoms with E-state index >= 15 is 0 Å². The van der Waals surface area contributed by atoms with Crippen LogP contribution in [0.15, 0.2) is 0 Å². The number of ether oxygens (including phenoxy) is 1. The summed E-state index contributed by atoms with van der Waals surface area (Å²) in [6.07, 6.45) is 2.90. The van der Waals surface area contributed by atoms with Gasteiger partial charge < -0.3 is 15.4 Å². The van der Waals surface area contributed by atoms with E-state index in [0.29, 0.717) is 13.1 Å². The highest BCUT2D eigenvalue weighted by molar-refractivity contribution is 5.81. The van der Waals surface area contributed by atoms with Crippen LogP contribution in [-0.4, -0.2) is 37.6 Å². The van der Waals surface area contributed by atoms with E-state index in [0.717, 1.165) is 19.3 Å². The normalized spacial score (nSPS) is 11.5. The lowest BCUT2D eigenvalue weighted by Gasteiger charge is -2.17. The van der Waals surface area contributed by atoms with Crippen molar-refractivity contribution in [2.24, 2.45) is 5.41 Å². The van der Waals surface area contributed by atoms with Crippen molar-refractivity contribution in [2.75, 3.05) is 19.7 Å². The minimum absolute atomic E-state index is 0.0697. The first-order valence-electron chi connectivity index (χ1n) is 7.40. The predicted octanol–water partition coefficient (Wildman–Crippen LogP) is 1.86. The number of hydrogen-bond acceptors (Lipinski definition) is 3. The Balaban J connectivity index is 3.41. The van der Waals surface area contributed by atoms with Crippen molar-refractivity contribution in [1.82, 2.24) is 10.6 Å². The quantitative estimate of drug-likeness (QED) is 0.636. The molecular weight excluding hydrogens is 256 g/mol. The molecule has 0 atom stereocenters. The van der Waals surface area contributed by atoms with E-state index in [1.54, 1.807) is 0 Å². The van der Waals surface area contributed by atoms with E-state index in [-0.39, 0.29) is 29.9 Å². The molecule has 0 aliphatic rings. The average molecular weight is 286 g/mol. The van der Waals surface area contributed by atoms with Gasteiger partial charge in [0.2, 0.25) is 11.8 Å². The second-order valence-corrected chi connectivity index (χ2v) is 6.28. The van der Waals surface area contributed by atoms with Crippen LogP contribution in [0.2, 0.25) is 0 Å². The van der Waals surface area contributed by atoms with Gasteiger partial charge in [-0.15, -0.1) is 0 Å². The molecule has 0 spiro atoms.